The summed E-state index contributed by atoms with van der Waals surface area (Å²) in [4.78, 5) is 0. The topological polar surface area (TPSA) is 29.9 Å². The zero-order chi connectivity index (χ0) is 13.2. The molecule has 1 N–H and O–H groups in total. The highest BCUT2D eigenvalue weighted by Crippen LogP contribution is 2.39. The van der Waals surface area contributed by atoms with Crippen LogP contribution in [0.15, 0.2) is 41.1 Å². The number of hydrogen-bond acceptors (Lipinski definition) is 2. The molecule has 1 aliphatic rings. The zero-order valence-electron chi connectivity index (χ0n) is 11.0. The van der Waals surface area contributed by atoms with Gasteiger partial charge in [-0.25, -0.2) is 0 Å². The van der Waals surface area contributed by atoms with Crippen LogP contribution in [0.1, 0.15) is 29.9 Å². The summed E-state index contributed by atoms with van der Waals surface area (Å²) >= 11 is 3.64. The number of benzene rings is 1. The minimum atomic E-state index is 0.636. The molecule has 4 heteroatoms. The molecule has 1 heterocycles. The van der Waals surface area contributed by atoms with Crippen molar-refractivity contribution in [2.45, 2.75) is 31.3 Å². The predicted octanol–water partition coefficient (Wildman–Crippen LogP) is 3.22. The molecular formula is C15H18BrN3. The number of hydrogen-bond donors (Lipinski definition) is 1. The standard InChI is InChI=1S/C15H18BrN3/c1-19-10-11(9-18-19)8-17-13-6-12(7-13)14-4-2-3-5-15(14)16/h2-5,9-10,12-13,17H,6-8H2,1H3. The van der Waals surface area contributed by atoms with Crippen LogP contribution in [-0.2, 0) is 13.6 Å². The third kappa shape index (κ3) is 2.90. The first-order valence-corrected chi connectivity index (χ1v) is 7.47. The normalized spacial score (nSPS) is 22.2. The lowest BCUT2D eigenvalue weighted by Crippen LogP contribution is -2.39. The van der Waals surface area contributed by atoms with Crippen LogP contribution in [0.5, 0.6) is 0 Å². The van der Waals surface area contributed by atoms with Crippen molar-refractivity contribution in [3.05, 3.63) is 52.3 Å². The van der Waals surface area contributed by atoms with E-state index in [9.17, 15) is 0 Å². The summed E-state index contributed by atoms with van der Waals surface area (Å²) in [5.41, 5.74) is 2.70. The Morgan fingerprint density at radius 3 is 2.84 bits per heavy atom. The summed E-state index contributed by atoms with van der Waals surface area (Å²) in [5, 5.41) is 7.78. The second-order valence-corrected chi connectivity index (χ2v) is 6.14. The first-order chi connectivity index (χ1) is 9.22. The van der Waals surface area contributed by atoms with E-state index in [4.69, 9.17) is 0 Å². The summed E-state index contributed by atoms with van der Waals surface area (Å²) in [5.74, 6) is 0.696. The Morgan fingerprint density at radius 1 is 1.37 bits per heavy atom. The predicted molar refractivity (Wildman–Crippen MR) is 80.0 cm³/mol. The molecule has 1 fully saturated rings. The van der Waals surface area contributed by atoms with E-state index >= 15 is 0 Å². The monoisotopic (exact) mass is 319 g/mol. The first kappa shape index (κ1) is 12.9. The molecule has 19 heavy (non-hydrogen) atoms. The highest BCUT2D eigenvalue weighted by molar-refractivity contribution is 9.10. The van der Waals surface area contributed by atoms with E-state index in [-0.39, 0.29) is 0 Å². The molecule has 0 aliphatic heterocycles. The van der Waals surface area contributed by atoms with E-state index in [0.29, 0.717) is 12.0 Å². The van der Waals surface area contributed by atoms with Crippen molar-refractivity contribution < 1.29 is 0 Å². The Kier molecular flexibility index (Phi) is 3.71. The summed E-state index contributed by atoms with van der Waals surface area (Å²) in [6, 6.07) is 9.19. The van der Waals surface area contributed by atoms with Gasteiger partial charge in [0.25, 0.3) is 0 Å². The molecule has 0 atom stereocenters. The van der Waals surface area contributed by atoms with E-state index in [0.717, 1.165) is 6.54 Å². The second-order valence-electron chi connectivity index (χ2n) is 5.29. The van der Waals surface area contributed by atoms with Gasteiger partial charge in [-0.1, -0.05) is 34.1 Å². The molecule has 2 aromatic rings. The number of rotatable bonds is 4. The molecule has 0 amide bonds. The molecule has 0 bridgehead atoms. The van der Waals surface area contributed by atoms with Gasteiger partial charge in [0, 0.05) is 35.9 Å². The van der Waals surface area contributed by atoms with Crippen molar-refractivity contribution in [1.82, 2.24) is 15.1 Å². The molecule has 0 radical (unpaired) electrons. The fraction of sp³-hybridized carbons (Fsp3) is 0.400. The average molecular weight is 320 g/mol. The maximum absolute atomic E-state index is 4.18. The molecular weight excluding hydrogens is 302 g/mol. The van der Waals surface area contributed by atoms with Gasteiger partial charge in [0.2, 0.25) is 0 Å². The summed E-state index contributed by atoms with van der Waals surface area (Å²) < 4.78 is 3.09. The fourth-order valence-corrected chi connectivity index (χ4v) is 3.28. The lowest BCUT2D eigenvalue weighted by molar-refractivity contribution is 0.289. The zero-order valence-corrected chi connectivity index (χ0v) is 12.6. The Bertz CT molecular complexity index is 558. The molecule has 0 spiro atoms. The van der Waals surface area contributed by atoms with Crippen molar-refractivity contribution in [2.24, 2.45) is 7.05 Å². The lowest BCUT2D eigenvalue weighted by atomic mass is 9.76. The molecule has 1 aromatic carbocycles. The van der Waals surface area contributed by atoms with E-state index in [1.54, 1.807) is 0 Å². The lowest BCUT2D eigenvalue weighted by Gasteiger charge is -2.36. The molecule has 100 valence electrons. The van der Waals surface area contributed by atoms with Crippen LogP contribution in [0.3, 0.4) is 0 Å². The average Bonchev–Trinajstić information content (AvgIpc) is 2.75. The maximum atomic E-state index is 4.18. The number of aryl methyl sites for hydroxylation is 1. The molecule has 3 rings (SSSR count). The Morgan fingerprint density at radius 2 is 2.16 bits per heavy atom. The van der Waals surface area contributed by atoms with Crippen molar-refractivity contribution in [3.63, 3.8) is 0 Å². The molecule has 1 aromatic heterocycles. The van der Waals surface area contributed by atoms with Gasteiger partial charge in [-0.05, 0) is 30.4 Å². The molecule has 0 saturated heterocycles. The van der Waals surface area contributed by atoms with Crippen molar-refractivity contribution in [2.75, 3.05) is 0 Å². The highest BCUT2D eigenvalue weighted by Gasteiger charge is 2.30. The van der Waals surface area contributed by atoms with Gasteiger partial charge in [-0.2, -0.15) is 5.10 Å². The Hall–Kier alpha value is -1.13. The Balaban J connectivity index is 1.49. The minimum absolute atomic E-state index is 0.636. The van der Waals surface area contributed by atoms with E-state index in [1.165, 1.54) is 28.4 Å². The van der Waals surface area contributed by atoms with Crippen molar-refractivity contribution in [3.8, 4) is 0 Å². The van der Waals surface area contributed by atoms with Crippen LogP contribution >= 0.6 is 15.9 Å². The van der Waals surface area contributed by atoms with Crippen LogP contribution in [0, 0.1) is 0 Å². The van der Waals surface area contributed by atoms with Crippen LogP contribution in [0.2, 0.25) is 0 Å². The fourth-order valence-electron chi connectivity index (χ4n) is 2.67. The van der Waals surface area contributed by atoms with Gasteiger partial charge in [0.1, 0.15) is 0 Å². The highest BCUT2D eigenvalue weighted by atomic mass is 79.9. The van der Waals surface area contributed by atoms with Gasteiger partial charge in [0.05, 0.1) is 6.20 Å². The maximum Gasteiger partial charge on any atom is 0.0534 e. The number of nitrogens with zero attached hydrogens (tertiary/aromatic N) is 2. The van der Waals surface area contributed by atoms with E-state index in [1.807, 2.05) is 17.9 Å². The molecule has 1 saturated carbocycles. The molecule has 3 nitrogen and oxygen atoms in total. The Labute approximate surface area is 122 Å². The van der Waals surface area contributed by atoms with Gasteiger partial charge >= 0.3 is 0 Å². The third-order valence-electron chi connectivity index (χ3n) is 3.84. The summed E-state index contributed by atoms with van der Waals surface area (Å²) in [6.45, 7) is 0.918. The van der Waals surface area contributed by atoms with Crippen LogP contribution in [-0.4, -0.2) is 15.8 Å². The SMILES string of the molecule is Cn1cc(CNC2CC(c3ccccc3Br)C2)cn1. The van der Waals surface area contributed by atoms with Gasteiger partial charge < -0.3 is 5.32 Å². The van der Waals surface area contributed by atoms with Crippen LogP contribution < -0.4 is 5.32 Å². The second kappa shape index (κ2) is 5.47. The van der Waals surface area contributed by atoms with Gasteiger partial charge in [-0.3, -0.25) is 4.68 Å². The molecule has 1 aliphatic carbocycles. The third-order valence-corrected chi connectivity index (χ3v) is 4.56. The number of aromatic nitrogens is 2. The summed E-state index contributed by atoms with van der Waals surface area (Å²) in [6.07, 6.45) is 6.44. The summed E-state index contributed by atoms with van der Waals surface area (Å²) in [7, 11) is 1.95. The number of nitrogens with one attached hydrogen (secondary N) is 1. The largest absolute Gasteiger partial charge is 0.310 e. The van der Waals surface area contributed by atoms with Gasteiger partial charge in [0.15, 0.2) is 0 Å². The number of halogens is 1. The quantitative estimate of drug-likeness (QED) is 0.937. The van der Waals surface area contributed by atoms with E-state index in [2.05, 4.69) is 56.8 Å². The molecule has 0 unspecified atom stereocenters. The van der Waals surface area contributed by atoms with Gasteiger partial charge in [-0.15, -0.1) is 0 Å². The van der Waals surface area contributed by atoms with Crippen molar-refractivity contribution >= 4 is 15.9 Å². The van der Waals surface area contributed by atoms with Crippen LogP contribution in [0.4, 0.5) is 0 Å². The van der Waals surface area contributed by atoms with E-state index < -0.39 is 0 Å². The van der Waals surface area contributed by atoms with Crippen molar-refractivity contribution in [1.29, 1.82) is 0 Å². The van der Waals surface area contributed by atoms with Crippen LogP contribution in [0.25, 0.3) is 0 Å². The smallest absolute Gasteiger partial charge is 0.0534 e. The minimum Gasteiger partial charge on any atom is -0.310 e. The first-order valence-electron chi connectivity index (χ1n) is 6.67.